The molecule has 3 heteroatoms. The Balaban J connectivity index is 2.87. The van der Waals surface area contributed by atoms with E-state index in [0.717, 1.165) is 11.1 Å². The van der Waals surface area contributed by atoms with Crippen LogP contribution in [0.25, 0.3) is 0 Å². The van der Waals surface area contributed by atoms with Gasteiger partial charge in [-0.3, -0.25) is 0 Å². The Kier molecular flexibility index (Phi) is 3.12. The minimum atomic E-state index is -0.953. The van der Waals surface area contributed by atoms with Crippen molar-refractivity contribution in [3.63, 3.8) is 0 Å². The summed E-state index contributed by atoms with van der Waals surface area (Å²) in [7, 11) is 0. The molecule has 0 saturated carbocycles. The van der Waals surface area contributed by atoms with Crippen LogP contribution in [0.15, 0.2) is 18.2 Å². The summed E-state index contributed by atoms with van der Waals surface area (Å²) >= 11 is 0. The number of hydrogen-bond acceptors (Lipinski definition) is 2. The van der Waals surface area contributed by atoms with Gasteiger partial charge in [0.2, 0.25) is 0 Å². The fourth-order valence-corrected chi connectivity index (χ4v) is 1.09. The smallest absolute Gasteiger partial charge is 0.344 e. The third-order valence-corrected chi connectivity index (χ3v) is 2.21. The average molecular weight is 194 g/mol. The third-order valence-electron chi connectivity index (χ3n) is 2.21. The maximum atomic E-state index is 10.6. The molecule has 0 aromatic heterocycles. The fraction of sp³-hybridized carbons (Fsp3) is 0.364. The van der Waals surface area contributed by atoms with Crippen LogP contribution in [0.3, 0.4) is 0 Å². The molecular weight excluding hydrogens is 180 g/mol. The third kappa shape index (κ3) is 2.25. The van der Waals surface area contributed by atoms with Crippen molar-refractivity contribution in [2.45, 2.75) is 26.9 Å². The zero-order valence-electron chi connectivity index (χ0n) is 8.57. The first-order valence-electron chi connectivity index (χ1n) is 4.48. The molecule has 76 valence electrons. The van der Waals surface area contributed by atoms with Crippen LogP contribution in [-0.4, -0.2) is 17.2 Å². The van der Waals surface area contributed by atoms with E-state index >= 15 is 0 Å². The van der Waals surface area contributed by atoms with Gasteiger partial charge in [-0.05, 0) is 38.0 Å². The predicted molar refractivity (Wildman–Crippen MR) is 53.6 cm³/mol. The van der Waals surface area contributed by atoms with Crippen LogP contribution in [0.1, 0.15) is 18.1 Å². The number of aryl methyl sites for hydroxylation is 1. The molecule has 0 radical (unpaired) electrons. The van der Waals surface area contributed by atoms with Crippen LogP contribution in [0, 0.1) is 13.8 Å². The van der Waals surface area contributed by atoms with Gasteiger partial charge < -0.3 is 9.84 Å². The van der Waals surface area contributed by atoms with Crippen LogP contribution in [-0.2, 0) is 4.79 Å². The minimum absolute atomic E-state index is 0.639. The highest BCUT2D eigenvalue weighted by molar-refractivity contribution is 5.72. The van der Waals surface area contributed by atoms with Crippen LogP contribution in [0.2, 0.25) is 0 Å². The molecule has 0 amide bonds. The summed E-state index contributed by atoms with van der Waals surface area (Å²) in [5.41, 5.74) is 2.08. The Morgan fingerprint density at radius 3 is 2.64 bits per heavy atom. The first kappa shape index (κ1) is 10.6. The summed E-state index contributed by atoms with van der Waals surface area (Å²) in [5.74, 6) is -0.314. The molecule has 0 spiro atoms. The molecule has 1 aromatic rings. The van der Waals surface area contributed by atoms with Crippen molar-refractivity contribution in [3.05, 3.63) is 29.3 Å². The lowest BCUT2D eigenvalue weighted by atomic mass is 10.1. The Hall–Kier alpha value is -1.51. The fourth-order valence-electron chi connectivity index (χ4n) is 1.09. The molecule has 1 aromatic carbocycles. The van der Waals surface area contributed by atoms with Gasteiger partial charge in [0, 0.05) is 0 Å². The second-order valence-electron chi connectivity index (χ2n) is 3.30. The van der Waals surface area contributed by atoms with Crippen LogP contribution >= 0.6 is 0 Å². The lowest BCUT2D eigenvalue weighted by Crippen LogP contribution is -2.23. The number of aliphatic carboxylic acids is 1. The van der Waals surface area contributed by atoms with E-state index in [9.17, 15) is 4.79 Å². The van der Waals surface area contributed by atoms with E-state index in [1.54, 1.807) is 6.07 Å². The highest BCUT2D eigenvalue weighted by Gasteiger charge is 2.13. The van der Waals surface area contributed by atoms with Crippen molar-refractivity contribution in [1.29, 1.82) is 0 Å². The SMILES string of the molecule is Cc1cccc(O[C@H](C)C(=O)O)c1C. The molecule has 14 heavy (non-hydrogen) atoms. The number of carboxylic acid groups (broad SMARTS) is 1. The first-order valence-corrected chi connectivity index (χ1v) is 4.48. The number of ether oxygens (including phenoxy) is 1. The van der Waals surface area contributed by atoms with Gasteiger partial charge in [0.25, 0.3) is 0 Å². The van der Waals surface area contributed by atoms with Crippen molar-refractivity contribution in [1.82, 2.24) is 0 Å². The van der Waals surface area contributed by atoms with E-state index in [0.29, 0.717) is 5.75 Å². The molecule has 0 aliphatic rings. The molecule has 1 atom stereocenters. The van der Waals surface area contributed by atoms with Crippen molar-refractivity contribution in [2.75, 3.05) is 0 Å². The van der Waals surface area contributed by atoms with Gasteiger partial charge in [0.05, 0.1) is 0 Å². The quantitative estimate of drug-likeness (QED) is 0.802. The molecular formula is C11H14O3. The maximum Gasteiger partial charge on any atom is 0.344 e. The van der Waals surface area contributed by atoms with Crippen LogP contribution in [0.4, 0.5) is 0 Å². The molecule has 0 saturated heterocycles. The summed E-state index contributed by atoms with van der Waals surface area (Å²) in [6.07, 6.45) is -0.810. The molecule has 0 heterocycles. The Morgan fingerprint density at radius 1 is 1.43 bits per heavy atom. The summed E-state index contributed by atoms with van der Waals surface area (Å²) in [6, 6.07) is 5.60. The van der Waals surface area contributed by atoms with E-state index in [-0.39, 0.29) is 0 Å². The summed E-state index contributed by atoms with van der Waals surface area (Å²) in [4.78, 5) is 10.6. The molecule has 1 rings (SSSR count). The minimum Gasteiger partial charge on any atom is -0.479 e. The van der Waals surface area contributed by atoms with Gasteiger partial charge in [-0.15, -0.1) is 0 Å². The Labute approximate surface area is 83.3 Å². The maximum absolute atomic E-state index is 10.6. The number of carbonyl (C=O) groups is 1. The monoisotopic (exact) mass is 194 g/mol. The van der Waals surface area contributed by atoms with E-state index in [1.165, 1.54) is 6.92 Å². The molecule has 1 N–H and O–H groups in total. The van der Waals surface area contributed by atoms with E-state index < -0.39 is 12.1 Å². The highest BCUT2D eigenvalue weighted by Crippen LogP contribution is 2.21. The lowest BCUT2D eigenvalue weighted by Gasteiger charge is -2.13. The summed E-state index contributed by atoms with van der Waals surface area (Å²) in [5, 5.41) is 8.68. The zero-order chi connectivity index (χ0) is 10.7. The van der Waals surface area contributed by atoms with Gasteiger partial charge in [0.15, 0.2) is 6.10 Å². The number of carboxylic acids is 1. The summed E-state index contributed by atoms with van der Waals surface area (Å²) in [6.45, 7) is 5.40. The molecule has 0 aliphatic carbocycles. The Morgan fingerprint density at radius 2 is 2.07 bits per heavy atom. The predicted octanol–water partition coefficient (Wildman–Crippen LogP) is 2.16. The van der Waals surface area contributed by atoms with E-state index in [2.05, 4.69) is 0 Å². The zero-order valence-corrected chi connectivity index (χ0v) is 8.57. The van der Waals surface area contributed by atoms with Gasteiger partial charge in [-0.2, -0.15) is 0 Å². The van der Waals surface area contributed by atoms with Crippen molar-refractivity contribution in [2.24, 2.45) is 0 Å². The van der Waals surface area contributed by atoms with Gasteiger partial charge in [-0.25, -0.2) is 4.79 Å². The van der Waals surface area contributed by atoms with Crippen LogP contribution in [0.5, 0.6) is 5.75 Å². The average Bonchev–Trinajstić information content (AvgIpc) is 2.12. The number of hydrogen-bond donors (Lipinski definition) is 1. The Bertz CT molecular complexity index is 344. The number of benzene rings is 1. The first-order chi connectivity index (χ1) is 6.52. The van der Waals surface area contributed by atoms with E-state index in [1.807, 2.05) is 26.0 Å². The van der Waals surface area contributed by atoms with Crippen molar-refractivity contribution in [3.8, 4) is 5.75 Å². The topological polar surface area (TPSA) is 46.5 Å². The summed E-state index contributed by atoms with van der Waals surface area (Å²) < 4.78 is 5.29. The molecule has 3 nitrogen and oxygen atoms in total. The molecule has 0 fully saturated rings. The lowest BCUT2D eigenvalue weighted by molar-refractivity contribution is -0.144. The number of rotatable bonds is 3. The molecule has 0 bridgehead atoms. The second-order valence-corrected chi connectivity index (χ2v) is 3.30. The molecule has 0 aliphatic heterocycles. The van der Waals surface area contributed by atoms with Gasteiger partial charge in [-0.1, -0.05) is 12.1 Å². The van der Waals surface area contributed by atoms with Gasteiger partial charge in [0.1, 0.15) is 5.75 Å². The van der Waals surface area contributed by atoms with Gasteiger partial charge >= 0.3 is 5.97 Å². The normalized spacial score (nSPS) is 12.2. The standard InChI is InChI=1S/C11H14O3/c1-7-5-4-6-10(8(7)2)14-9(3)11(12)13/h4-6,9H,1-3H3,(H,12,13)/t9-/m1/s1. The largest absolute Gasteiger partial charge is 0.479 e. The second kappa shape index (κ2) is 4.13. The van der Waals surface area contributed by atoms with Crippen LogP contribution < -0.4 is 4.74 Å². The van der Waals surface area contributed by atoms with Crippen molar-refractivity contribution < 1.29 is 14.6 Å². The highest BCUT2D eigenvalue weighted by atomic mass is 16.5. The molecule has 0 unspecified atom stereocenters. The van der Waals surface area contributed by atoms with Crippen molar-refractivity contribution >= 4 is 5.97 Å². The van der Waals surface area contributed by atoms with E-state index in [4.69, 9.17) is 9.84 Å².